The Labute approximate surface area is 366 Å². The highest BCUT2D eigenvalue weighted by atomic mass is 32.2. The number of benzene rings is 2. The quantitative estimate of drug-likeness (QED) is 0.167. The van der Waals surface area contributed by atoms with Gasteiger partial charge in [0.2, 0.25) is 0 Å². The minimum atomic E-state index is -3.51. The van der Waals surface area contributed by atoms with Crippen LogP contribution in [0, 0.1) is 10.8 Å². The number of allylic oxidation sites excluding steroid dienone is 16. The van der Waals surface area contributed by atoms with E-state index in [9.17, 15) is 16.8 Å². The third kappa shape index (κ3) is 14.9. The van der Waals surface area contributed by atoms with Crippen LogP contribution < -0.4 is 0 Å². The molecule has 0 heterocycles. The van der Waals surface area contributed by atoms with E-state index in [2.05, 4.69) is 79.7 Å². The van der Waals surface area contributed by atoms with E-state index in [-0.39, 0.29) is 10.8 Å². The van der Waals surface area contributed by atoms with E-state index in [0.29, 0.717) is 22.6 Å². The second kappa shape index (κ2) is 22.7. The first-order chi connectivity index (χ1) is 28.1. The van der Waals surface area contributed by atoms with E-state index in [0.717, 1.165) is 29.6 Å². The largest absolute Gasteiger partial charge is 0.223 e. The molecule has 0 saturated heterocycles. The maximum atomic E-state index is 13.6. The van der Waals surface area contributed by atoms with E-state index < -0.39 is 30.2 Å². The Morgan fingerprint density at radius 3 is 1.42 bits per heavy atom. The molecule has 0 fully saturated rings. The van der Waals surface area contributed by atoms with Gasteiger partial charge in [0.1, 0.15) is 0 Å². The summed E-state index contributed by atoms with van der Waals surface area (Å²) in [5, 5.41) is -1.12. The maximum absolute atomic E-state index is 13.6. The lowest BCUT2D eigenvalue weighted by atomic mass is 9.72. The van der Waals surface area contributed by atoms with Crippen LogP contribution >= 0.6 is 0 Å². The van der Waals surface area contributed by atoms with Crippen molar-refractivity contribution in [2.75, 3.05) is 0 Å². The monoisotopic (exact) mass is 851 g/mol. The van der Waals surface area contributed by atoms with Crippen molar-refractivity contribution in [3.8, 4) is 0 Å². The predicted octanol–water partition coefficient (Wildman–Crippen LogP) is 15.0. The number of rotatable bonds is 15. The summed E-state index contributed by atoms with van der Waals surface area (Å²) in [6.07, 6.45) is 28.6. The Balaban J connectivity index is 0.000000332. The van der Waals surface area contributed by atoms with Crippen LogP contribution in [0.15, 0.2) is 176 Å². The summed E-state index contributed by atoms with van der Waals surface area (Å²) < 4.78 is 52.9. The molecule has 0 N–H and O–H groups in total. The van der Waals surface area contributed by atoms with Gasteiger partial charge in [-0.3, -0.25) is 0 Å². The highest BCUT2D eigenvalue weighted by Crippen LogP contribution is 2.42. The third-order valence-electron chi connectivity index (χ3n) is 11.8. The molecule has 0 saturated carbocycles. The van der Waals surface area contributed by atoms with Gasteiger partial charge in [-0.05, 0) is 146 Å². The van der Waals surface area contributed by atoms with Crippen LogP contribution in [0.1, 0.15) is 134 Å². The SMILES string of the molecule is CC(C)=C/C=C/C=C(\C)CC(/C=C(C)/C=C/C1=C(C)CCCC1(C)C)S(=O)(=O)c1ccccc1.CCC(/C=C(C)/C=C/C1=C(C)CCCC1(C)C)S(=O)(=O)c1ccccc1. The Bertz CT molecular complexity index is 2250. The van der Waals surface area contributed by atoms with Gasteiger partial charge in [-0.2, -0.15) is 0 Å². The molecule has 326 valence electrons. The molecule has 4 rings (SSSR count). The summed E-state index contributed by atoms with van der Waals surface area (Å²) in [5.74, 6) is 0. The predicted molar refractivity (Wildman–Crippen MR) is 259 cm³/mol. The molecule has 0 bridgehead atoms. The minimum Gasteiger partial charge on any atom is -0.223 e. The first kappa shape index (κ1) is 50.4. The molecule has 2 aliphatic rings. The molecule has 60 heavy (non-hydrogen) atoms. The number of hydrogen-bond acceptors (Lipinski definition) is 4. The summed E-state index contributed by atoms with van der Waals surface area (Å²) >= 11 is 0. The smallest absolute Gasteiger partial charge is 0.185 e. The van der Waals surface area contributed by atoms with Crippen molar-refractivity contribution < 1.29 is 16.8 Å². The van der Waals surface area contributed by atoms with Gasteiger partial charge in [-0.1, -0.05) is 165 Å². The molecule has 2 aromatic rings. The van der Waals surface area contributed by atoms with E-state index in [1.54, 1.807) is 48.5 Å². The summed E-state index contributed by atoms with van der Waals surface area (Å²) in [4.78, 5) is 0.764. The van der Waals surface area contributed by atoms with E-state index in [1.807, 2.05) is 76.3 Å². The van der Waals surface area contributed by atoms with Gasteiger partial charge in [0, 0.05) is 0 Å². The van der Waals surface area contributed by atoms with Gasteiger partial charge in [0.15, 0.2) is 19.7 Å². The van der Waals surface area contributed by atoms with Crippen molar-refractivity contribution in [1.82, 2.24) is 0 Å². The summed E-state index contributed by atoms with van der Waals surface area (Å²) in [5.41, 5.74) is 10.3. The molecule has 0 aromatic heterocycles. The average molecular weight is 851 g/mol. The Morgan fingerprint density at radius 2 is 1.02 bits per heavy atom. The standard InChI is InChI=1S/C31H42O2S.C23H32O2S/c1-24(2)14-11-12-15-25(3)22-29(34(32,33)28-17-9-8-10-18-28)23-26(4)19-20-30-27(5)16-13-21-31(30,6)7;1-6-20(26(24,25)21-12-8-7-9-13-21)17-18(2)14-15-22-19(3)11-10-16-23(22,4)5/h8-12,14-15,17-20,23,29H,13,16,21-22H2,1-7H3;7-9,12-15,17,20H,6,10-11,16H2,1-5H3/b12-11+,20-19+,25-15+,26-23+;15-14+,18-17+. The molecule has 2 aromatic carbocycles. The minimum absolute atomic E-state index is 0.158. The van der Waals surface area contributed by atoms with Crippen LogP contribution in [0.4, 0.5) is 0 Å². The Kier molecular flexibility index (Phi) is 19.1. The highest BCUT2D eigenvalue weighted by Gasteiger charge is 2.29. The fourth-order valence-corrected chi connectivity index (χ4v) is 11.7. The van der Waals surface area contributed by atoms with Gasteiger partial charge in [-0.15, -0.1) is 0 Å². The fraction of sp³-hybridized carbons (Fsp3) is 0.444. The normalized spacial score (nSPS) is 19.1. The Hall–Kier alpha value is -4.00. The van der Waals surface area contributed by atoms with Gasteiger partial charge >= 0.3 is 0 Å². The second-order valence-corrected chi connectivity index (χ2v) is 22.7. The van der Waals surface area contributed by atoms with Crippen molar-refractivity contribution in [2.45, 2.75) is 155 Å². The van der Waals surface area contributed by atoms with Crippen LogP contribution in [-0.4, -0.2) is 27.3 Å². The zero-order chi connectivity index (χ0) is 44.7. The zero-order valence-electron chi connectivity index (χ0n) is 38.8. The first-order valence-electron chi connectivity index (χ1n) is 21.8. The molecule has 4 nitrogen and oxygen atoms in total. The summed E-state index contributed by atoms with van der Waals surface area (Å²) in [6, 6.07) is 17.5. The molecule has 2 atom stereocenters. The lowest BCUT2D eigenvalue weighted by Gasteiger charge is -2.33. The van der Waals surface area contributed by atoms with Crippen LogP contribution in [0.2, 0.25) is 0 Å². The number of hydrogen-bond donors (Lipinski definition) is 0. The van der Waals surface area contributed by atoms with Crippen molar-refractivity contribution in [2.24, 2.45) is 10.8 Å². The van der Waals surface area contributed by atoms with Crippen molar-refractivity contribution >= 4 is 19.7 Å². The third-order valence-corrected chi connectivity index (χ3v) is 16.0. The second-order valence-electron chi connectivity index (χ2n) is 18.4. The molecular formula is C54H74O4S2. The van der Waals surface area contributed by atoms with Crippen LogP contribution in [0.3, 0.4) is 0 Å². The van der Waals surface area contributed by atoms with Crippen molar-refractivity contribution in [3.05, 3.63) is 166 Å². The first-order valence-corrected chi connectivity index (χ1v) is 24.9. The topological polar surface area (TPSA) is 68.3 Å². The highest BCUT2D eigenvalue weighted by molar-refractivity contribution is 7.92. The lowest BCUT2D eigenvalue weighted by molar-refractivity contribution is 0.376. The van der Waals surface area contributed by atoms with Crippen molar-refractivity contribution in [1.29, 1.82) is 0 Å². The average Bonchev–Trinajstić information content (AvgIpc) is 3.18. The molecule has 0 aliphatic heterocycles. The fourth-order valence-electron chi connectivity index (χ4n) is 8.26. The van der Waals surface area contributed by atoms with Crippen LogP contribution in [-0.2, 0) is 19.7 Å². The van der Waals surface area contributed by atoms with Gasteiger partial charge in [-0.25, -0.2) is 16.8 Å². The molecular weight excluding hydrogens is 777 g/mol. The van der Waals surface area contributed by atoms with E-state index in [4.69, 9.17) is 0 Å². The number of sulfone groups is 2. The van der Waals surface area contributed by atoms with Crippen LogP contribution in [0.25, 0.3) is 0 Å². The van der Waals surface area contributed by atoms with Gasteiger partial charge in [0.25, 0.3) is 0 Å². The molecule has 0 spiro atoms. The summed E-state index contributed by atoms with van der Waals surface area (Å²) in [7, 11) is -6.86. The maximum Gasteiger partial charge on any atom is 0.185 e. The van der Waals surface area contributed by atoms with Crippen molar-refractivity contribution in [3.63, 3.8) is 0 Å². The summed E-state index contributed by atoms with van der Waals surface area (Å²) in [6.45, 7) is 25.6. The lowest BCUT2D eigenvalue weighted by Crippen LogP contribution is -2.20. The molecule has 2 aliphatic carbocycles. The molecule has 6 heteroatoms. The molecule has 0 amide bonds. The van der Waals surface area contributed by atoms with E-state index in [1.165, 1.54) is 53.5 Å². The Morgan fingerprint density at radius 1 is 0.617 bits per heavy atom. The van der Waals surface area contributed by atoms with E-state index >= 15 is 0 Å². The van der Waals surface area contributed by atoms with Crippen LogP contribution in [0.5, 0.6) is 0 Å². The molecule has 0 radical (unpaired) electrons. The zero-order valence-corrected chi connectivity index (χ0v) is 40.4. The van der Waals surface area contributed by atoms with Gasteiger partial charge < -0.3 is 0 Å². The van der Waals surface area contributed by atoms with Gasteiger partial charge in [0.05, 0.1) is 20.3 Å². The molecule has 2 unspecified atom stereocenters.